The van der Waals surface area contributed by atoms with Crippen molar-refractivity contribution in [2.75, 3.05) is 23.4 Å². The van der Waals surface area contributed by atoms with Gasteiger partial charge in [0.15, 0.2) is 0 Å². The second-order valence-corrected chi connectivity index (χ2v) is 11.7. The van der Waals surface area contributed by atoms with Gasteiger partial charge in [-0.25, -0.2) is 4.39 Å². The number of para-hydroxylation sites is 2. The largest absolute Gasteiger partial charge is 0.573 e. The molecule has 11 heteroatoms. The van der Waals surface area contributed by atoms with Gasteiger partial charge in [-0.3, -0.25) is 9.69 Å². The second kappa shape index (κ2) is 11.8. The highest BCUT2D eigenvalue weighted by molar-refractivity contribution is 6.01. The molecule has 3 aromatic carbocycles. The summed E-state index contributed by atoms with van der Waals surface area (Å²) in [7, 11) is 0. The van der Waals surface area contributed by atoms with E-state index >= 15 is 4.39 Å². The van der Waals surface area contributed by atoms with Crippen molar-refractivity contribution >= 4 is 17.3 Å². The summed E-state index contributed by atoms with van der Waals surface area (Å²) in [5.74, 6) is -1.60. The average molecular weight is 613 g/mol. The van der Waals surface area contributed by atoms with Gasteiger partial charge in [-0.2, -0.15) is 0 Å². The van der Waals surface area contributed by atoms with E-state index in [4.69, 9.17) is 9.47 Å². The molecule has 0 radical (unpaired) electrons. The molecule has 0 saturated heterocycles. The first-order valence-corrected chi connectivity index (χ1v) is 13.9. The zero-order valence-electron chi connectivity index (χ0n) is 24.4. The number of phenols is 1. The predicted molar refractivity (Wildman–Crippen MR) is 157 cm³/mol. The van der Waals surface area contributed by atoms with Crippen molar-refractivity contribution in [3.63, 3.8) is 0 Å². The lowest BCUT2D eigenvalue weighted by atomic mass is 9.85. The van der Waals surface area contributed by atoms with Gasteiger partial charge in [0.1, 0.15) is 47.2 Å². The van der Waals surface area contributed by atoms with Crippen molar-refractivity contribution in [1.29, 1.82) is 0 Å². The van der Waals surface area contributed by atoms with Crippen molar-refractivity contribution in [2.24, 2.45) is 5.41 Å². The molecule has 1 amide bonds. The summed E-state index contributed by atoms with van der Waals surface area (Å²) in [6, 6.07) is 12.9. The van der Waals surface area contributed by atoms with Crippen LogP contribution in [0.15, 0.2) is 84.3 Å². The van der Waals surface area contributed by atoms with Gasteiger partial charge in [0, 0.05) is 22.6 Å². The molecule has 2 heterocycles. The monoisotopic (exact) mass is 612 g/mol. The maximum Gasteiger partial charge on any atom is 0.573 e. The number of phenolic OH excluding ortho intramolecular Hbond substituents is 1. The molecule has 2 aliphatic rings. The number of nitrogens with one attached hydrogen (secondary N) is 1. The number of amides is 1. The summed E-state index contributed by atoms with van der Waals surface area (Å²) in [5.41, 5.74) is 1.33. The summed E-state index contributed by atoms with van der Waals surface area (Å²) in [5, 5.41) is 14.1. The first-order valence-electron chi connectivity index (χ1n) is 13.9. The third-order valence-electron chi connectivity index (χ3n) is 7.19. The molecule has 44 heavy (non-hydrogen) atoms. The molecule has 0 spiro atoms. The van der Waals surface area contributed by atoms with E-state index in [1.54, 1.807) is 19.1 Å². The molecular weight excluding hydrogens is 580 g/mol. The van der Waals surface area contributed by atoms with Crippen LogP contribution in [0.1, 0.15) is 44.4 Å². The Balaban J connectivity index is 1.67. The number of anilines is 2. The highest BCUT2D eigenvalue weighted by Gasteiger charge is 2.43. The van der Waals surface area contributed by atoms with Gasteiger partial charge in [-0.05, 0) is 49.2 Å². The zero-order chi connectivity index (χ0) is 31.8. The van der Waals surface area contributed by atoms with Crippen LogP contribution in [-0.2, 0) is 16.0 Å². The first kappa shape index (κ1) is 30.8. The Morgan fingerprint density at radius 3 is 2.61 bits per heavy atom. The SMILES string of the molecule is C=C(C)COc1ccc(C2C3=C(CC(C)(C)CO3)Nc3c(O)cccc3N2C(=O)Cc2ccccc2OC(F)(F)F)c(F)c1. The van der Waals surface area contributed by atoms with E-state index in [0.717, 1.165) is 11.6 Å². The van der Waals surface area contributed by atoms with Gasteiger partial charge in [-0.1, -0.05) is 44.7 Å². The molecule has 2 N–H and O–H groups in total. The Hall–Kier alpha value is -4.67. The molecule has 0 fully saturated rings. The number of aromatic hydroxyl groups is 1. The lowest BCUT2D eigenvalue weighted by Gasteiger charge is -2.38. The number of nitrogens with zero attached hydrogens (tertiary/aromatic N) is 1. The lowest BCUT2D eigenvalue weighted by Crippen LogP contribution is -2.39. The minimum absolute atomic E-state index is 0.0311. The number of alkyl halides is 3. The van der Waals surface area contributed by atoms with Crippen LogP contribution in [0.25, 0.3) is 0 Å². The molecule has 1 unspecified atom stereocenters. The third kappa shape index (κ3) is 6.61. The van der Waals surface area contributed by atoms with Crippen LogP contribution in [0.5, 0.6) is 17.2 Å². The van der Waals surface area contributed by atoms with Gasteiger partial charge >= 0.3 is 6.36 Å². The fourth-order valence-corrected chi connectivity index (χ4v) is 5.30. The van der Waals surface area contributed by atoms with Crippen LogP contribution in [0, 0.1) is 11.2 Å². The average Bonchev–Trinajstić information content (AvgIpc) is 3.06. The normalized spacial score (nSPS) is 17.4. The van der Waals surface area contributed by atoms with E-state index in [1.807, 2.05) is 13.8 Å². The molecule has 1 atom stereocenters. The molecule has 3 aromatic rings. The highest BCUT2D eigenvalue weighted by atomic mass is 19.4. The summed E-state index contributed by atoms with van der Waals surface area (Å²) >= 11 is 0. The predicted octanol–water partition coefficient (Wildman–Crippen LogP) is 7.79. The maximum atomic E-state index is 16.0. The Morgan fingerprint density at radius 2 is 1.91 bits per heavy atom. The molecule has 5 rings (SSSR count). The van der Waals surface area contributed by atoms with Crippen LogP contribution in [0.3, 0.4) is 0 Å². The summed E-state index contributed by atoms with van der Waals surface area (Å²) in [6.45, 7) is 9.95. The summed E-state index contributed by atoms with van der Waals surface area (Å²) < 4.78 is 71.6. The van der Waals surface area contributed by atoms with Crippen LogP contribution in [0.4, 0.5) is 28.9 Å². The number of hydrogen-bond donors (Lipinski definition) is 2. The molecule has 2 aliphatic heterocycles. The van der Waals surface area contributed by atoms with Crippen molar-refractivity contribution < 1.29 is 41.7 Å². The second-order valence-electron chi connectivity index (χ2n) is 11.7. The van der Waals surface area contributed by atoms with E-state index in [0.29, 0.717) is 12.1 Å². The summed E-state index contributed by atoms with van der Waals surface area (Å²) in [4.78, 5) is 15.5. The number of carbonyl (C=O) groups excluding carboxylic acids is 1. The molecule has 7 nitrogen and oxygen atoms in total. The summed E-state index contributed by atoms with van der Waals surface area (Å²) in [6.07, 6.45) is -5.07. The van der Waals surface area contributed by atoms with Crippen LogP contribution in [-0.4, -0.2) is 30.6 Å². The Labute approximate surface area is 252 Å². The Bertz CT molecular complexity index is 1630. The Morgan fingerprint density at radius 1 is 1.16 bits per heavy atom. The molecule has 0 bridgehead atoms. The molecular formula is C33H32F4N2O5. The van der Waals surface area contributed by atoms with E-state index < -0.39 is 36.3 Å². The molecule has 0 aliphatic carbocycles. The maximum absolute atomic E-state index is 16.0. The number of benzene rings is 3. The smallest absolute Gasteiger partial charge is 0.506 e. The Kier molecular flexibility index (Phi) is 8.24. The van der Waals surface area contributed by atoms with E-state index in [1.165, 1.54) is 47.4 Å². The van der Waals surface area contributed by atoms with Crippen molar-refractivity contribution in [3.05, 3.63) is 101 Å². The van der Waals surface area contributed by atoms with Gasteiger partial charge in [0.05, 0.1) is 24.4 Å². The lowest BCUT2D eigenvalue weighted by molar-refractivity contribution is -0.274. The number of hydrogen-bond acceptors (Lipinski definition) is 6. The van der Waals surface area contributed by atoms with Crippen molar-refractivity contribution in [3.8, 4) is 17.2 Å². The molecule has 232 valence electrons. The van der Waals surface area contributed by atoms with E-state index in [-0.39, 0.29) is 58.4 Å². The minimum atomic E-state index is -4.98. The standard InChI is InChI=1S/C33H32F4N2O5/c1-19(2)17-42-21-12-13-22(23(34)15-21)30-31-24(16-32(3,4)18-43-31)38-29-25(9-7-10-26(29)40)39(30)28(41)14-20-8-5-6-11-27(20)44-33(35,36)37/h5-13,15,30,38,40H,1,14,16-18H2,2-4H3. The van der Waals surface area contributed by atoms with Crippen LogP contribution in [0.2, 0.25) is 0 Å². The van der Waals surface area contributed by atoms with Crippen molar-refractivity contribution in [2.45, 2.75) is 46.0 Å². The van der Waals surface area contributed by atoms with E-state index in [9.17, 15) is 23.1 Å². The topological polar surface area (TPSA) is 80.3 Å². The zero-order valence-corrected chi connectivity index (χ0v) is 24.4. The number of allylic oxidation sites excluding steroid dienone is 1. The van der Waals surface area contributed by atoms with Gasteiger partial charge < -0.3 is 24.6 Å². The number of ether oxygens (including phenoxy) is 3. The van der Waals surface area contributed by atoms with E-state index in [2.05, 4.69) is 16.6 Å². The van der Waals surface area contributed by atoms with Gasteiger partial charge in [0.2, 0.25) is 5.91 Å². The fraction of sp³-hybridized carbons (Fsp3) is 0.303. The number of carbonyl (C=O) groups is 1. The number of halogens is 4. The molecule has 0 aromatic heterocycles. The first-order chi connectivity index (χ1) is 20.7. The van der Waals surface area contributed by atoms with Crippen molar-refractivity contribution in [1.82, 2.24) is 0 Å². The fourth-order valence-electron chi connectivity index (χ4n) is 5.30. The number of rotatable bonds is 7. The quantitative estimate of drug-likeness (QED) is 0.161. The van der Waals surface area contributed by atoms with Crippen LogP contribution < -0.4 is 19.7 Å². The molecule has 0 saturated carbocycles. The van der Waals surface area contributed by atoms with Crippen LogP contribution >= 0.6 is 0 Å². The highest BCUT2D eigenvalue weighted by Crippen LogP contribution is 2.50. The third-order valence-corrected chi connectivity index (χ3v) is 7.19. The van der Waals surface area contributed by atoms with Gasteiger partial charge in [-0.15, -0.1) is 13.2 Å². The number of fused-ring (bicyclic) bond motifs is 1. The van der Waals surface area contributed by atoms with Gasteiger partial charge in [0.25, 0.3) is 0 Å². The minimum Gasteiger partial charge on any atom is -0.506 e.